The van der Waals surface area contributed by atoms with Crippen LogP contribution in [0, 0.1) is 5.82 Å². The predicted molar refractivity (Wildman–Crippen MR) is 78.3 cm³/mol. The van der Waals surface area contributed by atoms with E-state index in [9.17, 15) is 9.18 Å². The van der Waals surface area contributed by atoms with E-state index in [1.807, 2.05) is 0 Å². The Morgan fingerprint density at radius 3 is 2.75 bits per heavy atom. The number of carbonyl (C=O) groups excluding carboxylic acids is 1. The van der Waals surface area contributed by atoms with Crippen LogP contribution in [0.2, 0.25) is 0 Å². The summed E-state index contributed by atoms with van der Waals surface area (Å²) in [6.07, 6.45) is 4.46. The highest BCUT2D eigenvalue weighted by molar-refractivity contribution is 9.10. The number of ether oxygens (including phenoxy) is 1. The molecule has 2 rings (SSSR count). The molecule has 102 valence electrons. The van der Waals surface area contributed by atoms with Gasteiger partial charge in [0.15, 0.2) is 5.78 Å². The van der Waals surface area contributed by atoms with Crippen molar-refractivity contribution in [1.29, 1.82) is 0 Å². The summed E-state index contributed by atoms with van der Waals surface area (Å²) < 4.78 is 19.1. The van der Waals surface area contributed by atoms with Crippen molar-refractivity contribution in [3.63, 3.8) is 0 Å². The Morgan fingerprint density at radius 2 is 2.15 bits per heavy atom. The molecule has 0 fully saturated rings. The second-order valence-electron chi connectivity index (χ2n) is 3.96. The second-order valence-corrected chi connectivity index (χ2v) is 4.87. The molecule has 0 saturated heterocycles. The number of carbonyl (C=O) groups is 1. The summed E-state index contributed by atoms with van der Waals surface area (Å²) in [6, 6.07) is 7.77. The summed E-state index contributed by atoms with van der Waals surface area (Å²) in [4.78, 5) is 15.9. The summed E-state index contributed by atoms with van der Waals surface area (Å²) in [5.74, 6) is -0.458. The summed E-state index contributed by atoms with van der Waals surface area (Å²) in [6.45, 7) is 0. The minimum atomic E-state index is -0.554. The van der Waals surface area contributed by atoms with Gasteiger partial charge in [-0.15, -0.1) is 0 Å². The number of nitrogens with zero attached hydrogens (tertiary/aromatic N) is 1. The van der Waals surface area contributed by atoms with Crippen LogP contribution in [0.15, 0.2) is 47.1 Å². The third-order valence-electron chi connectivity index (χ3n) is 2.59. The van der Waals surface area contributed by atoms with Gasteiger partial charge in [0.2, 0.25) is 5.88 Å². The van der Waals surface area contributed by atoms with Gasteiger partial charge in [0.1, 0.15) is 5.82 Å². The van der Waals surface area contributed by atoms with Gasteiger partial charge in [0.05, 0.1) is 12.7 Å². The molecule has 1 aromatic carbocycles. The number of allylic oxidation sites excluding steroid dienone is 1. The zero-order valence-electron chi connectivity index (χ0n) is 10.6. The van der Waals surface area contributed by atoms with Gasteiger partial charge < -0.3 is 4.74 Å². The van der Waals surface area contributed by atoms with E-state index in [1.54, 1.807) is 30.5 Å². The summed E-state index contributed by atoms with van der Waals surface area (Å²) in [5.41, 5.74) is 0.766. The van der Waals surface area contributed by atoms with Crippen molar-refractivity contribution in [1.82, 2.24) is 4.98 Å². The van der Waals surface area contributed by atoms with Gasteiger partial charge in [0, 0.05) is 16.7 Å². The molecule has 0 aliphatic heterocycles. The zero-order valence-corrected chi connectivity index (χ0v) is 12.2. The average molecular weight is 336 g/mol. The molecule has 0 spiro atoms. The van der Waals surface area contributed by atoms with Crippen LogP contribution in [0.4, 0.5) is 4.39 Å². The summed E-state index contributed by atoms with van der Waals surface area (Å²) >= 11 is 3.15. The fourth-order valence-corrected chi connectivity index (χ4v) is 1.90. The van der Waals surface area contributed by atoms with Crippen molar-refractivity contribution >= 4 is 27.8 Å². The van der Waals surface area contributed by atoms with E-state index in [0.29, 0.717) is 10.4 Å². The van der Waals surface area contributed by atoms with E-state index in [0.717, 1.165) is 5.56 Å². The van der Waals surface area contributed by atoms with Crippen LogP contribution in [0.5, 0.6) is 5.88 Å². The van der Waals surface area contributed by atoms with Gasteiger partial charge in [-0.1, -0.05) is 15.9 Å². The van der Waals surface area contributed by atoms with Gasteiger partial charge in [-0.25, -0.2) is 9.37 Å². The molecule has 20 heavy (non-hydrogen) atoms. The zero-order chi connectivity index (χ0) is 14.5. The first-order valence-electron chi connectivity index (χ1n) is 5.77. The molecule has 2 aromatic rings. The van der Waals surface area contributed by atoms with Crippen LogP contribution in [0.1, 0.15) is 15.9 Å². The van der Waals surface area contributed by atoms with Gasteiger partial charge in [-0.3, -0.25) is 4.79 Å². The molecule has 5 heteroatoms. The Kier molecular flexibility index (Phi) is 4.63. The fraction of sp³-hybridized carbons (Fsp3) is 0.0667. The highest BCUT2D eigenvalue weighted by Crippen LogP contribution is 2.16. The number of halogens is 2. The molecule has 0 unspecified atom stereocenters. The predicted octanol–water partition coefficient (Wildman–Crippen LogP) is 3.89. The quantitative estimate of drug-likeness (QED) is 0.628. The third kappa shape index (κ3) is 3.51. The van der Waals surface area contributed by atoms with Gasteiger partial charge >= 0.3 is 0 Å². The number of methoxy groups -OCH3 is 1. The molecule has 3 nitrogen and oxygen atoms in total. The van der Waals surface area contributed by atoms with E-state index in [2.05, 4.69) is 20.9 Å². The lowest BCUT2D eigenvalue weighted by Crippen LogP contribution is -1.98. The first kappa shape index (κ1) is 14.4. The molecule has 0 saturated carbocycles. The summed E-state index contributed by atoms with van der Waals surface area (Å²) in [7, 11) is 1.53. The number of hydrogen-bond acceptors (Lipinski definition) is 3. The maximum Gasteiger partial charge on any atom is 0.212 e. The molecule has 0 N–H and O–H groups in total. The monoisotopic (exact) mass is 335 g/mol. The molecule has 0 radical (unpaired) electrons. The molecule has 0 aliphatic carbocycles. The fourth-order valence-electron chi connectivity index (χ4n) is 1.56. The maximum absolute atomic E-state index is 13.6. The van der Waals surface area contributed by atoms with Crippen LogP contribution >= 0.6 is 15.9 Å². The highest BCUT2D eigenvalue weighted by atomic mass is 79.9. The van der Waals surface area contributed by atoms with Gasteiger partial charge in [0.25, 0.3) is 0 Å². The van der Waals surface area contributed by atoms with Crippen LogP contribution < -0.4 is 4.74 Å². The summed E-state index contributed by atoms with van der Waals surface area (Å²) in [5, 5.41) is 0. The number of benzene rings is 1. The van der Waals surface area contributed by atoms with E-state index < -0.39 is 11.6 Å². The van der Waals surface area contributed by atoms with Crippen molar-refractivity contribution < 1.29 is 13.9 Å². The van der Waals surface area contributed by atoms with Crippen LogP contribution in [-0.2, 0) is 0 Å². The Labute approximate surface area is 124 Å². The van der Waals surface area contributed by atoms with Crippen LogP contribution in [-0.4, -0.2) is 17.9 Å². The van der Waals surface area contributed by atoms with Crippen LogP contribution in [0.25, 0.3) is 6.08 Å². The average Bonchev–Trinajstić information content (AvgIpc) is 2.45. The van der Waals surface area contributed by atoms with E-state index in [1.165, 1.54) is 25.3 Å². The molecule has 0 aliphatic rings. The lowest BCUT2D eigenvalue weighted by molar-refractivity contribution is 0.104. The van der Waals surface area contributed by atoms with E-state index >= 15 is 0 Å². The lowest BCUT2D eigenvalue weighted by atomic mass is 10.1. The minimum absolute atomic E-state index is 0.0333. The van der Waals surface area contributed by atoms with Crippen LogP contribution in [0.3, 0.4) is 0 Å². The first-order valence-corrected chi connectivity index (χ1v) is 6.57. The second kappa shape index (κ2) is 6.43. The minimum Gasteiger partial charge on any atom is -0.481 e. The Balaban J connectivity index is 2.15. The standard InChI is InChI=1S/C15H11BrFNO2/c1-20-15-7-3-10(9-18-15)2-6-14(19)12-5-4-11(16)8-13(12)17/h2-9H,1H3. The maximum atomic E-state index is 13.6. The molecule has 0 bridgehead atoms. The number of rotatable bonds is 4. The molecule has 1 heterocycles. The lowest BCUT2D eigenvalue weighted by Gasteiger charge is -2.00. The topological polar surface area (TPSA) is 39.2 Å². The Bertz CT molecular complexity index is 653. The number of aromatic nitrogens is 1. The van der Waals surface area contributed by atoms with Gasteiger partial charge in [-0.05, 0) is 42.0 Å². The van der Waals surface area contributed by atoms with Crippen molar-refractivity contribution in [3.05, 3.63) is 64.0 Å². The molecular formula is C15H11BrFNO2. The normalized spacial score (nSPS) is 10.8. The van der Waals surface area contributed by atoms with Gasteiger partial charge in [-0.2, -0.15) is 0 Å². The molecule has 0 amide bonds. The first-order chi connectivity index (χ1) is 9.60. The van der Waals surface area contributed by atoms with Crippen molar-refractivity contribution in [3.8, 4) is 5.88 Å². The molecular weight excluding hydrogens is 325 g/mol. The van der Waals surface area contributed by atoms with Crippen molar-refractivity contribution in [2.75, 3.05) is 7.11 Å². The largest absolute Gasteiger partial charge is 0.481 e. The Morgan fingerprint density at radius 1 is 1.35 bits per heavy atom. The smallest absolute Gasteiger partial charge is 0.212 e. The SMILES string of the molecule is COc1ccc(C=CC(=O)c2ccc(Br)cc2F)cn1. The third-order valence-corrected chi connectivity index (χ3v) is 3.09. The highest BCUT2D eigenvalue weighted by Gasteiger charge is 2.08. The number of ketones is 1. The Hall–Kier alpha value is -2.01. The number of pyridine rings is 1. The van der Waals surface area contributed by atoms with E-state index in [4.69, 9.17) is 4.74 Å². The van der Waals surface area contributed by atoms with E-state index in [-0.39, 0.29) is 5.56 Å². The molecule has 0 atom stereocenters. The van der Waals surface area contributed by atoms with Crippen molar-refractivity contribution in [2.24, 2.45) is 0 Å². The number of hydrogen-bond donors (Lipinski definition) is 0. The molecule has 1 aromatic heterocycles. The van der Waals surface area contributed by atoms with Crippen molar-refractivity contribution in [2.45, 2.75) is 0 Å².